The molecule has 0 bridgehead atoms. The highest BCUT2D eigenvalue weighted by atomic mass is 35.5. The fourth-order valence-corrected chi connectivity index (χ4v) is 1.57. The molecule has 2 heterocycles. The van der Waals surface area contributed by atoms with Gasteiger partial charge in [0.1, 0.15) is 11.8 Å². The molecule has 1 aromatic heterocycles. The van der Waals surface area contributed by atoms with Crippen LogP contribution in [0.5, 0.6) is 0 Å². The van der Waals surface area contributed by atoms with E-state index in [1.54, 1.807) is 6.07 Å². The van der Waals surface area contributed by atoms with Crippen molar-refractivity contribution in [2.75, 3.05) is 6.61 Å². The van der Waals surface area contributed by atoms with E-state index in [-0.39, 0.29) is 0 Å². The molecule has 13 heavy (non-hydrogen) atoms. The first-order chi connectivity index (χ1) is 6.18. The second kappa shape index (κ2) is 2.85. The molecule has 2 rings (SSSR count). The molecule has 1 fully saturated rings. The van der Waals surface area contributed by atoms with Crippen molar-refractivity contribution in [2.24, 2.45) is 0 Å². The Hall–Kier alpha value is -0.820. The lowest BCUT2D eigenvalue weighted by Gasteiger charge is -2.03. The van der Waals surface area contributed by atoms with Crippen molar-refractivity contribution >= 4 is 23.2 Å². The van der Waals surface area contributed by atoms with Crippen LogP contribution in [0.3, 0.4) is 0 Å². The third-order valence-corrected chi connectivity index (χ3v) is 2.30. The van der Waals surface area contributed by atoms with Crippen LogP contribution in [-0.4, -0.2) is 11.6 Å². The number of halogens is 2. The highest BCUT2D eigenvalue weighted by Crippen LogP contribution is 2.40. The van der Waals surface area contributed by atoms with Crippen LogP contribution in [0.4, 0.5) is 0 Å². The minimum Gasteiger partial charge on any atom is -0.348 e. The maximum atomic E-state index is 8.80. The largest absolute Gasteiger partial charge is 0.348 e. The minimum absolute atomic E-state index is 0.345. The summed E-state index contributed by atoms with van der Waals surface area (Å²) in [6.45, 7) is 0.345. The monoisotopic (exact) mass is 214 g/mol. The molecule has 0 saturated carbocycles. The number of epoxide rings is 1. The molecule has 1 atom stereocenters. The predicted molar refractivity (Wildman–Crippen MR) is 47.5 cm³/mol. The van der Waals surface area contributed by atoms with Crippen molar-refractivity contribution in [3.8, 4) is 6.07 Å². The molecule has 0 aliphatic carbocycles. The fraction of sp³-hybridized carbons (Fsp3) is 0.250. The van der Waals surface area contributed by atoms with Gasteiger partial charge in [-0.2, -0.15) is 5.26 Å². The van der Waals surface area contributed by atoms with E-state index in [4.69, 9.17) is 33.2 Å². The zero-order valence-electron chi connectivity index (χ0n) is 6.42. The minimum atomic E-state index is -0.929. The highest BCUT2D eigenvalue weighted by Gasteiger charge is 2.50. The number of aromatic nitrogens is 1. The molecule has 1 saturated heterocycles. The number of hydrogen-bond donors (Lipinski definition) is 0. The van der Waals surface area contributed by atoms with Gasteiger partial charge >= 0.3 is 0 Å². The first kappa shape index (κ1) is 8.76. The van der Waals surface area contributed by atoms with Crippen LogP contribution in [0.25, 0.3) is 0 Å². The Kier molecular flexibility index (Phi) is 1.92. The van der Waals surface area contributed by atoms with Gasteiger partial charge < -0.3 is 4.74 Å². The maximum absolute atomic E-state index is 8.80. The smallest absolute Gasteiger partial charge is 0.221 e. The number of nitrogens with zero attached hydrogens (tertiary/aromatic N) is 2. The molecule has 1 aliphatic rings. The molecule has 1 unspecified atom stereocenters. The fourth-order valence-electron chi connectivity index (χ4n) is 1.04. The van der Waals surface area contributed by atoms with E-state index in [1.165, 1.54) is 6.20 Å². The first-order valence-electron chi connectivity index (χ1n) is 3.55. The Labute approximate surface area is 84.9 Å². The van der Waals surface area contributed by atoms with Gasteiger partial charge in [-0.25, -0.2) is 0 Å². The van der Waals surface area contributed by atoms with E-state index < -0.39 is 5.60 Å². The number of pyridine rings is 1. The van der Waals surface area contributed by atoms with Gasteiger partial charge in [0.2, 0.25) is 5.60 Å². The number of hydrogen-bond acceptors (Lipinski definition) is 3. The van der Waals surface area contributed by atoms with E-state index in [0.29, 0.717) is 22.3 Å². The third-order valence-electron chi connectivity index (χ3n) is 1.80. The van der Waals surface area contributed by atoms with E-state index in [0.717, 1.165) is 0 Å². The summed E-state index contributed by atoms with van der Waals surface area (Å²) >= 11 is 11.5. The zero-order valence-corrected chi connectivity index (χ0v) is 7.93. The average Bonchev–Trinajstić information content (AvgIpc) is 2.85. The van der Waals surface area contributed by atoms with Gasteiger partial charge in [-0.1, -0.05) is 23.2 Å². The van der Waals surface area contributed by atoms with Crippen LogP contribution in [0.2, 0.25) is 10.0 Å². The molecule has 1 aliphatic heterocycles. The summed E-state index contributed by atoms with van der Waals surface area (Å²) in [7, 11) is 0. The number of nitriles is 1. The van der Waals surface area contributed by atoms with E-state index in [1.807, 2.05) is 6.07 Å². The summed E-state index contributed by atoms with van der Waals surface area (Å²) in [6, 6.07) is 3.56. The van der Waals surface area contributed by atoms with E-state index in [2.05, 4.69) is 4.98 Å². The van der Waals surface area contributed by atoms with Crippen LogP contribution in [-0.2, 0) is 10.3 Å². The summed E-state index contributed by atoms with van der Waals surface area (Å²) in [4.78, 5) is 3.97. The lowest BCUT2D eigenvalue weighted by molar-refractivity contribution is 0.358. The van der Waals surface area contributed by atoms with Gasteiger partial charge in [0.25, 0.3) is 0 Å². The Morgan fingerprint density at radius 1 is 1.62 bits per heavy atom. The molecule has 5 heteroatoms. The van der Waals surface area contributed by atoms with Gasteiger partial charge in [-0.3, -0.25) is 4.98 Å². The first-order valence-corrected chi connectivity index (χ1v) is 4.30. The Morgan fingerprint density at radius 3 is 2.77 bits per heavy atom. The van der Waals surface area contributed by atoms with E-state index in [9.17, 15) is 0 Å². The van der Waals surface area contributed by atoms with Crippen LogP contribution < -0.4 is 0 Å². The van der Waals surface area contributed by atoms with Crippen LogP contribution in [0.1, 0.15) is 5.69 Å². The second-order valence-corrected chi connectivity index (χ2v) is 3.56. The van der Waals surface area contributed by atoms with Crippen LogP contribution in [0.15, 0.2) is 12.3 Å². The quantitative estimate of drug-likeness (QED) is 0.674. The average molecular weight is 215 g/mol. The SMILES string of the molecule is N#CC1(c2ncc(Cl)cc2Cl)CO1. The topological polar surface area (TPSA) is 49.2 Å². The molecular weight excluding hydrogens is 211 g/mol. The summed E-state index contributed by atoms with van der Waals surface area (Å²) in [5, 5.41) is 9.61. The molecule has 66 valence electrons. The summed E-state index contributed by atoms with van der Waals surface area (Å²) < 4.78 is 5.00. The van der Waals surface area contributed by atoms with Crippen molar-refractivity contribution in [1.29, 1.82) is 5.26 Å². The van der Waals surface area contributed by atoms with Crippen molar-refractivity contribution in [1.82, 2.24) is 4.98 Å². The van der Waals surface area contributed by atoms with Crippen LogP contribution in [0, 0.1) is 11.3 Å². The lowest BCUT2D eigenvalue weighted by atomic mass is 10.1. The Bertz CT molecular complexity index is 396. The third kappa shape index (κ3) is 1.37. The molecule has 1 aromatic rings. The normalized spacial score (nSPS) is 25.3. The predicted octanol–water partition coefficient (Wildman–Crippen LogP) is 2.14. The summed E-state index contributed by atoms with van der Waals surface area (Å²) in [5.41, 5.74) is -0.483. The van der Waals surface area contributed by atoms with Gasteiger partial charge in [0.05, 0.1) is 16.7 Å². The summed E-state index contributed by atoms with van der Waals surface area (Å²) in [5.74, 6) is 0. The van der Waals surface area contributed by atoms with Crippen molar-refractivity contribution in [3.05, 3.63) is 28.0 Å². The maximum Gasteiger partial charge on any atom is 0.221 e. The van der Waals surface area contributed by atoms with E-state index >= 15 is 0 Å². The molecule has 0 N–H and O–H groups in total. The molecule has 3 nitrogen and oxygen atoms in total. The molecule has 0 amide bonds. The van der Waals surface area contributed by atoms with Crippen molar-refractivity contribution in [2.45, 2.75) is 5.60 Å². The number of rotatable bonds is 1. The molecular formula is C8H4Cl2N2O. The zero-order chi connectivity index (χ0) is 9.47. The van der Waals surface area contributed by atoms with Crippen molar-refractivity contribution in [3.63, 3.8) is 0 Å². The van der Waals surface area contributed by atoms with Gasteiger partial charge in [-0.05, 0) is 6.07 Å². The second-order valence-electron chi connectivity index (χ2n) is 2.71. The van der Waals surface area contributed by atoms with Gasteiger partial charge in [0.15, 0.2) is 0 Å². The number of ether oxygens (including phenoxy) is 1. The van der Waals surface area contributed by atoms with Crippen molar-refractivity contribution < 1.29 is 4.74 Å². The Balaban J connectivity index is 2.48. The van der Waals surface area contributed by atoms with Gasteiger partial charge in [-0.15, -0.1) is 0 Å². The lowest BCUT2D eigenvalue weighted by Crippen LogP contribution is -2.08. The van der Waals surface area contributed by atoms with Gasteiger partial charge in [0, 0.05) is 6.20 Å². The molecule has 0 radical (unpaired) electrons. The Morgan fingerprint density at radius 2 is 2.31 bits per heavy atom. The summed E-state index contributed by atoms with van der Waals surface area (Å²) in [6.07, 6.45) is 1.45. The molecule has 0 aromatic carbocycles. The highest BCUT2D eigenvalue weighted by molar-refractivity contribution is 6.34. The van der Waals surface area contributed by atoms with Crippen LogP contribution >= 0.6 is 23.2 Å². The standard InChI is InChI=1S/C8H4Cl2N2O/c9-5-1-6(10)7(12-2-5)8(3-11)4-13-8/h1-2H,4H2. The molecule has 0 spiro atoms.